The van der Waals surface area contributed by atoms with E-state index in [0.29, 0.717) is 6.42 Å². The molecule has 3 N–H and O–H groups in total. The molecule has 1 unspecified atom stereocenters. The third-order valence-corrected chi connectivity index (χ3v) is 5.23. The van der Waals surface area contributed by atoms with Gasteiger partial charge in [-0.3, -0.25) is 14.1 Å². The number of hydrogen-bond acceptors (Lipinski definition) is 6. The number of carbonyl (C=O) groups is 3. The first-order chi connectivity index (χ1) is 15.2. The zero-order chi connectivity index (χ0) is 24.2. The van der Waals surface area contributed by atoms with E-state index in [1.165, 1.54) is 38.5 Å². The van der Waals surface area contributed by atoms with Gasteiger partial charge in [-0.15, -0.1) is 0 Å². The Balaban J connectivity index is -0.000000801. The summed E-state index contributed by atoms with van der Waals surface area (Å²) in [5, 5.41) is 10.9. The largest absolute Gasteiger partial charge is 1.00 e. The second-order valence-electron chi connectivity index (χ2n) is 7.88. The average molecular weight is 526 g/mol. The van der Waals surface area contributed by atoms with Crippen LogP contribution in [0.2, 0.25) is 0 Å². The maximum atomic E-state index is 11.9. The molecule has 1 atom stereocenters. The molecule has 0 heterocycles. The van der Waals surface area contributed by atoms with E-state index in [9.17, 15) is 22.8 Å². The number of carboxylic acid groups (broad SMARTS) is 1. The molecule has 0 bridgehead atoms. The fourth-order valence-corrected chi connectivity index (χ4v) is 3.48. The topological polar surface area (TPSA) is 147 Å². The number of carboxylic acids is 1. The molecule has 0 aromatic carbocycles. The van der Waals surface area contributed by atoms with Gasteiger partial charge in [0.25, 0.3) is 0 Å². The van der Waals surface area contributed by atoms with Gasteiger partial charge >= 0.3 is 81.5 Å². The summed E-state index contributed by atoms with van der Waals surface area (Å²) in [5.74, 6) is -3.56. The van der Waals surface area contributed by atoms with Crippen molar-refractivity contribution in [2.45, 2.75) is 109 Å². The van der Waals surface area contributed by atoms with Crippen molar-refractivity contribution in [2.24, 2.45) is 0 Å². The van der Waals surface area contributed by atoms with Crippen molar-refractivity contribution in [1.82, 2.24) is 5.32 Å². The molecular weight excluding hydrogens is 484 g/mol. The minimum atomic E-state index is -5.08. The smallest absolute Gasteiger partial charge is 1.00 e. The summed E-state index contributed by atoms with van der Waals surface area (Å²) in [6.45, 7) is 2.22. The van der Waals surface area contributed by atoms with Crippen LogP contribution in [0.1, 0.15) is 106 Å². The van der Waals surface area contributed by atoms with Gasteiger partial charge in [0.15, 0.2) is 0 Å². The fourth-order valence-electron chi connectivity index (χ4n) is 3.15. The zero-order valence-corrected chi connectivity index (χ0v) is 25.9. The van der Waals surface area contributed by atoms with Crippen LogP contribution in [0.15, 0.2) is 12.2 Å². The number of unbranched alkanes of at least 4 members (excludes halogenated alkanes) is 11. The van der Waals surface area contributed by atoms with E-state index in [0.717, 1.165) is 38.5 Å². The number of allylic oxidation sites excluding steroid dienone is 2. The van der Waals surface area contributed by atoms with Gasteiger partial charge in [0.2, 0.25) is 5.91 Å². The van der Waals surface area contributed by atoms with Crippen molar-refractivity contribution < 1.29 is 98.6 Å². The molecule has 0 aliphatic heterocycles. The molecule has 0 aliphatic rings. The summed E-state index contributed by atoms with van der Waals surface area (Å²) in [6.07, 6.45) is 18.2. The van der Waals surface area contributed by atoms with E-state index in [1.54, 1.807) is 0 Å². The molecule has 0 aromatic heterocycles. The third-order valence-electron chi connectivity index (χ3n) is 4.85. The molecule has 1 amide bonds. The van der Waals surface area contributed by atoms with Crippen LogP contribution in [0.5, 0.6) is 0 Å². The van der Waals surface area contributed by atoms with Crippen molar-refractivity contribution in [2.75, 3.05) is 0 Å². The maximum Gasteiger partial charge on any atom is 1.00 e. The van der Waals surface area contributed by atoms with E-state index >= 15 is 0 Å². The molecule has 9 nitrogen and oxygen atoms in total. The number of rotatable bonds is 20. The Hall–Kier alpha value is 0.0600. The van der Waals surface area contributed by atoms with E-state index in [2.05, 4.69) is 28.6 Å². The second kappa shape index (κ2) is 24.7. The Morgan fingerprint density at radius 3 is 1.82 bits per heavy atom. The van der Waals surface area contributed by atoms with Crippen LogP contribution in [0.3, 0.4) is 0 Å². The average Bonchev–Trinajstić information content (AvgIpc) is 2.68. The molecule has 34 heavy (non-hydrogen) atoms. The predicted molar refractivity (Wildman–Crippen MR) is 124 cm³/mol. The SMILES string of the molecule is CCCCCCCCC=CCCCCCCCC(=O)NC(CC(=O)O)C(=O)OS(=O)(=O)O.[H-].[H-].[Na+].[Na+]. The van der Waals surface area contributed by atoms with Crippen LogP contribution < -0.4 is 64.4 Å². The van der Waals surface area contributed by atoms with E-state index in [-0.39, 0.29) is 68.4 Å². The van der Waals surface area contributed by atoms with Gasteiger partial charge in [0.05, 0.1) is 6.42 Å². The van der Waals surface area contributed by atoms with Crippen molar-refractivity contribution in [1.29, 1.82) is 0 Å². The van der Waals surface area contributed by atoms with Crippen LogP contribution in [-0.2, 0) is 29.0 Å². The summed E-state index contributed by atoms with van der Waals surface area (Å²) in [5.41, 5.74) is 0. The number of amides is 1. The fraction of sp³-hybridized carbons (Fsp3) is 0.773. The molecule has 0 radical (unpaired) electrons. The number of nitrogens with one attached hydrogen (secondary N) is 1. The predicted octanol–water partition coefficient (Wildman–Crippen LogP) is -1.44. The molecule has 0 aliphatic carbocycles. The Morgan fingerprint density at radius 1 is 0.882 bits per heavy atom. The van der Waals surface area contributed by atoms with Gasteiger partial charge in [-0.25, -0.2) is 4.79 Å². The van der Waals surface area contributed by atoms with E-state index < -0.39 is 40.7 Å². The molecule has 0 spiro atoms. The van der Waals surface area contributed by atoms with Crippen LogP contribution in [0.4, 0.5) is 0 Å². The minimum absolute atomic E-state index is 0. The molecule has 190 valence electrons. The second-order valence-corrected chi connectivity index (χ2v) is 8.90. The van der Waals surface area contributed by atoms with Crippen molar-refractivity contribution in [3.8, 4) is 0 Å². The number of carbonyl (C=O) groups excluding carboxylic acids is 2. The van der Waals surface area contributed by atoms with Crippen molar-refractivity contribution in [3.63, 3.8) is 0 Å². The maximum absolute atomic E-state index is 11.9. The molecule has 0 fully saturated rings. The Morgan fingerprint density at radius 2 is 1.35 bits per heavy atom. The van der Waals surface area contributed by atoms with Crippen LogP contribution in [0, 0.1) is 0 Å². The summed E-state index contributed by atoms with van der Waals surface area (Å²) < 4.78 is 33.4. The van der Waals surface area contributed by atoms with Crippen molar-refractivity contribution >= 4 is 28.2 Å². The summed E-state index contributed by atoms with van der Waals surface area (Å²) >= 11 is 0. The van der Waals surface area contributed by atoms with Gasteiger partial charge < -0.3 is 17.5 Å². The Labute approximate surface area is 251 Å². The Kier molecular flexibility index (Phi) is 28.1. The van der Waals surface area contributed by atoms with E-state index in [1.807, 2.05) is 0 Å². The molecule has 12 heteroatoms. The van der Waals surface area contributed by atoms with Gasteiger partial charge in [0, 0.05) is 6.42 Å². The minimum Gasteiger partial charge on any atom is -1.00 e. The first kappa shape index (κ1) is 38.6. The first-order valence-electron chi connectivity index (χ1n) is 11.5. The quantitative estimate of drug-likeness (QED) is 0.0758. The van der Waals surface area contributed by atoms with Crippen molar-refractivity contribution in [3.05, 3.63) is 12.2 Å². The van der Waals surface area contributed by atoms with Gasteiger partial charge in [-0.2, -0.15) is 8.42 Å². The standard InChI is InChI=1S/C22H39NO8S.2Na.2H/c1-2-3-4-5-6-7-8-9-10-11-12-13-14-15-16-17-20(24)23-19(18-21(25)26)22(27)31-32(28,29)30;;;;/h9-10,19H,2-8,11-18H2,1H3,(H,23,24)(H,25,26)(H,28,29,30);;;;/q;2*+1;2*-1. The summed E-state index contributed by atoms with van der Waals surface area (Å²) in [6, 6.07) is -1.69. The van der Waals surface area contributed by atoms with E-state index in [4.69, 9.17) is 9.66 Å². The first-order valence-corrected chi connectivity index (χ1v) is 12.9. The molecule has 0 saturated heterocycles. The monoisotopic (exact) mass is 525 g/mol. The molecular formula is C22H41NNa2O8S. The van der Waals surface area contributed by atoms with Crippen LogP contribution in [-0.4, -0.2) is 42.0 Å². The van der Waals surface area contributed by atoms with Gasteiger partial charge in [-0.1, -0.05) is 70.4 Å². The van der Waals surface area contributed by atoms with Gasteiger partial charge in [0.1, 0.15) is 6.04 Å². The molecule has 0 saturated carbocycles. The molecule has 0 aromatic rings. The third kappa shape index (κ3) is 26.7. The van der Waals surface area contributed by atoms with Crippen LogP contribution in [0.25, 0.3) is 0 Å². The van der Waals surface area contributed by atoms with Gasteiger partial charge in [-0.05, 0) is 32.1 Å². The summed E-state index contributed by atoms with van der Waals surface area (Å²) in [4.78, 5) is 34.3. The molecule has 0 rings (SSSR count). The summed E-state index contributed by atoms with van der Waals surface area (Å²) in [7, 11) is -5.08. The number of hydrogen-bond donors (Lipinski definition) is 3. The normalized spacial score (nSPS) is 11.8. The Bertz CT molecular complexity index is 698. The van der Waals surface area contributed by atoms with Crippen LogP contribution >= 0.6 is 0 Å². The zero-order valence-electron chi connectivity index (χ0n) is 23.1. The number of aliphatic carboxylic acids is 1.